The van der Waals surface area contributed by atoms with Gasteiger partial charge in [-0.25, -0.2) is 15.0 Å². The second-order valence-electron chi connectivity index (χ2n) is 22.7. The number of aromatic nitrogens is 3. The number of hydrogen-bond donors (Lipinski definition) is 6. The van der Waals surface area contributed by atoms with Crippen LogP contribution in [0.15, 0.2) is 18.6 Å². The minimum absolute atomic E-state index is 0.154. The van der Waals surface area contributed by atoms with Crippen LogP contribution in [0, 0.1) is 34.4 Å². The molecule has 6 heterocycles. The molecule has 1 unspecified atom stereocenters. The van der Waals surface area contributed by atoms with Crippen molar-refractivity contribution in [3.05, 3.63) is 33.2 Å². The number of nitrogens with zero attached hydrogens (tertiary/aromatic N) is 9. The average Bonchev–Trinajstić information content (AvgIpc) is 4.29. The van der Waals surface area contributed by atoms with Crippen molar-refractivity contribution in [1.29, 1.82) is 15.8 Å². The number of carbonyl (C=O) groups is 3. The molecule has 0 aromatic carbocycles. The molecule has 6 aliphatic carbocycles. The molecule has 3 atom stereocenters. The first-order valence-electron chi connectivity index (χ1n) is 28.2. The predicted molar refractivity (Wildman–Crippen MR) is 292 cm³/mol. The zero-order chi connectivity index (χ0) is 51.7. The Hall–Kier alpha value is -5.43. The lowest BCUT2D eigenvalue weighted by Crippen LogP contribution is -2.52. The normalized spacial score (nSPS) is 30.0. The van der Waals surface area contributed by atoms with Crippen LogP contribution in [-0.2, 0) is 14.4 Å². The molecule has 9 fully saturated rings. The van der Waals surface area contributed by atoms with Crippen LogP contribution in [0.5, 0.6) is 0 Å². The van der Waals surface area contributed by atoms with Gasteiger partial charge in [0.2, 0.25) is 17.7 Å². The smallest absolute Gasteiger partial charge is 0.225 e. The van der Waals surface area contributed by atoms with Crippen LogP contribution in [0.25, 0.3) is 0 Å². The molecule has 3 amide bonds. The van der Waals surface area contributed by atoms with Gasteiger partial charge in [-0.3, -0.25) is 14.4 Å². The largest absolute Gasteiger partial charge is 0.356 e. The second-order valence-corrected chi connectivity index (χ2v) is 25.9. The lowest BCUT2D eigenvalue weighted by molar-refractivity contribution is -0.132. The summed E-state index contributed by atoms with van der Waals surface area (Å²) in [6, 6.07) is 2.06. The average molecular weight is 1080 g/mol. The quantitative estimate of drug-likeness (QED) is 0.0618. The Labute approximate surface area is 454 Å². The van der Waals surface area contributed by atoms with Crippen LogP contribution in [0.3, 0.4) is 0 Å². The molecule has 21 heteroatoms. The van der Waals surface area contributed by atoms with E-state index in [9.17, 15) is 14.4 Å². The van der Waals surface area contributed by atoms with Gasteiger partial charge in [-0.15, -0.1) is 34.0 Å². The standard InChI is InChI=1S/3C18H25N5OS/c3*19-11-21-13-6-15(7-13)23-10-14(8-17(23)24)22-18-20-9-16(25-18)12-4-2-1-3-5-12/h3*9,12-15,21H,1-8,10H2,(H,20,22)/t2*13?,14-,15?;/m10./s1. The molecular weight excluding hydrogens is 1000 g/mol. The van der Waals surface area contributed by atoms with Crippen molar-refractivity contribution < 1.29 is 14.4 Å². The first-order chi connectivity index (χ1) is 36.7. The molecule has 9 aliphatic rings. The topological polar surface area (TPSA) is 243 Å². The molecule has 18 nitrogen and oxygen atoms in total. The molecule has 3 aliphatic heterocycles. The van der Waals surface area contributed by atoms with E-state index in [1.807, 2.05) is 51.9 Å². The highest BCUT2D eigenvalue weighted by atomic mass is 32.1. The highest BCUT2D eigenvalue weighted by Gasteiger charge is 2.44. The number of nitrogens with one attached hydrogen (secondary N) is 6. The van der Waals surface area contributed by atoms with Crippen LogP contribution < -0.4 is 31.9 Å². The van der Waals surface area contributed by atoms with E-state index in [1.54, 1.807) is 34.0 Å². The minimum Gasteiger partial charge on any atom is -0.356 e. The lowest BCUT2D eigenvalue weighted by atomic mass is 9.86. The monoisotopic (exact) mass is 1080 g/mol. The van der Waals surface area contributed by atoms with Crippen molar-refractivity contribution >= 4 is 67.1 Å². The van der Waals surface area contributed by atoms with Crippen LogP contribution in [-0.4, -0.2) is 121 Å². The fourth-order valence-electron chi connectivity index (χ4n) is 13.0. The number of amides is 3. The van der Waals surface area contributed by atoms with Crippen molar-refractivity contribution in [2.45, 2.75) is 226 Å². The van der Waals surface area contributed by atoms with Crippen LogP contribution in [0.4, 0.5) is 15.4 Å². The molecule has 6 N–H and O–H groups in total. The molecule has 0 bridgehead atoms. The Morgan fingerprint density at radius 3 is 0.933 bits per heavy atom. The van der Waals surface area contributed by atoms with Gasteiger partial charge in [0.15, 0.2) is 34.0 Å². The summed E-state index contributed by atoms with van der Waals surface area (Å²) in [5.41, 5.74) is 0. The van der Waals surface area contributed by atoms with E-state index in [2.05, 4.69) is 46.9 Å². The molecule has 0 spiro atoms. The Morgan fingerprint density at radius 1 is 0.413 bits per heavy atom. The Kier molecular flexibility index (Phi) is 17.8. The van der Waals surface area contributed by atoms with Gasteiger partial charge in [-0.1, -0.05) is 57.8 Å². The van der Waals surface area contributed by atoms with E-state index < -0.39 is 0 Å². The van der Waals surface area contributed by atoms with E-state index in [-0.39, 0.29) is 54.0 Å². The molecule has 3 aromatic heterocycles. The first-order valence-corrected chi connectivity index (χ1v) is 30.6. The number of anilines is 3. The molecule has 402 valence electrons. The summed E-state index contributed by atoms with van der Waals surface area (Å²) in [5, 5.41) is 47.6. The first kappa shape index (κ1) is 53.0. The molecule has 12 rings (SSSR count). The predicted octanol–water partition coefficient (Wildman–Crippen LogP) is 8.42. The van der Waals surface area contributed by atoms with Gasteiger partial charge in [0.25, 0.3) is 0 Å². The third-order valence-corrected chi connectivity index (χ3v) is 20.8. The van der Waals surface area contributed by atoms with Gasteiger partial charge in [0, 0.05) is 108 Å². The van der Waals surface area contributed by atoms with E-state index in [4.69, 9.17) is 15.8 Å². The number of carbonyl (C=O) groups excluding carboxylic acids is 3. The Morgan fingerprint density at radius 2 is 0.680 bits per heavy atom. The summed E-state index contributed by atoms with van der Waals surface area (Å²) in [4.78, 5) is 60.7. The van der Waals surface area contributed by atoms with Gasteiger partial charge >= 0.3 is 0 Å². The molecule has 6 saturated carbocycles. The fourth-order valence-corrected chi connectivity index (χ4v) is 16.2. The molecule has 75 heavy (non-hydrogen) atoms. The molecule has 3 saturated heterocycles. The number of rotatable bonds is 15. The van der Waals surface area contributed by atoms with Crippen molar-refractivity contribution in [1.82, 2.24) is 45.6 Å². The summed E-state index contributed by atoms with van der Waals surface area (Å²) in [6.07, 6.45) is 38.8. The second kappa shape index (κ2) is 25.2. The SMILES string of the molecule is N#CNC1CC(N2CC(Nc3ncc(C4CCCCC4)s3)CC2=O)C1.N#CNC1CC(N2C[C@@H](Nc3ncc(C4CCCCC4)s3)CC2=O)C1.N#CNC1CC(N2C[C@H](Nc3ncc(C4CCCCC4)s3)CC2=O)C1. The zero-order valence-electron chi connectivity index (χ0n) is 43.2. The summed E-state index contributed by atoms with van der Waals surface area (Å²) < 4.78 is 0. The Balaban J connectivity index is 0.000000128. The summed E-state index contributed by atoms with van der Waals surface area (Å²) >= 11 is 5.30. The maximum absolute atomic E-state index is 12.3. The van der Waals surface area contributed by atoms with Crippen molar-refractivity contribution in [3.63, 3.8) is 0 Å². The summed E-state index contributed by atoms with van der Waals surface area (Å²) in [6.45, 7) is 2.25. The zero-order valence-corrected chi connectivity index (χ0v) is 45.7. The highest BCUT2D eigenvalue weighted by molar-refractivity contribution is 7.16. The number of nitriles is 3. The van der Waals surface area contributed by atoms with E-state index in [0.29, 0.717) is 55.1 Å². The van der Waals surface area contributed by atoms with Gasteiger partial charge in [-0.05, 0) is 94.8 Å². The maximum Gasteiger partial charge on any atom is 0.225 e. The van der Waals surface area contributed by atoms with E-state index in [0.717, 1.165) is 73.6 Å². The number of likely N-dealkylation sites (tertiary alicyclic amines) is 3. The third kappa shape index (κ3) is 13.4. The lowest BCUT2D eigenvalue weighted by Gasteiger charge is -2.40. The van der Waals surface area contributed by atoms with Gasteiger partial charge in [-0.2, -0.15) is 15.8 Å². The number of hydrogen-bond acceptors (Lipinski definition) is 18. The van der Waals surface area contributed by atoms with Crippen molar-refractivity contribution in [2.24, 2.45) is 0 Å². The third-order valence-electron chi connectivity index (χ3n) is 17.5. The Bertz CT molecular complexity index is 2240. The van der Waals surface area contributed by atoms with Gasteiger partial charge < -0.3 is 46.6 Å². The molecule has 3 aromatic rings. The molecular formula is C54H75N15O3S3. The van der Waals surface area contributed by atoms with Crippen molar-refractivity contribution in [2.75, 3.05) is 35.6 Å². The fraction of sp³-hybridized carbons (Fsp3) is 0.722. The van der Waals surface area contributed by atoms with E-state index in [1.165, 1.54) is 111 Å². The van der Waals surface area contributed by atoms with E-state index >= 15 is 0 Å². The summed E-state index contributed by atoms with van der Waals surface area (Å²) in [7, 11) is 0. The maximum atomic E-state index is 12.3. The summed E-state index contributed by atoms with van der Waals surface area (Å²) in [5.74, 6) is 2.72. The number of thiazole rings is 3. The van der Waals surface area contributed by atoms with Crippen molar-refractivity contribution in [3.8, 4) is 18.6 Å². The highest BCUT2D eigenvalue weighted by Crippen LogP contribution is 2.41. The van der Waals surface area contributed by atoms with Crippen LogP contribution in [0.1, 0.15) is 186 Å². The van der Waals surface area contributed by atoms with Gasteiger partial charge in [0.1, 0.15) is 0 Å². The molecule has 0 radical (unpaired) electrons. The minimum atomic E-state index is 0.154. The van der Waals surface area contributed by atoms with Gasteiger partial charge in [0.05, 0.1) is 18.1 Å². The van der Waals surface area contributed by atoms with Crippen LogP contribution >= 0.6 is 34.0 Å². The van der Waals surface area contributed by atoms with Crippen LogP contribution in [0.2, 0.25) is 0 Å².